The van der Waals surface area contributed by atoms with E-state index < -0.39 is 13.9 Å². The summed E-state index contributed by atoms with van der Waals surface area (Å²) in [5.41, 5.74) is 0. The molecule has 0 unspecified atom stereocenters. The molecular weight excluding hydrogens is 319 g/mol. The van der Waals surface area contributed by atoms with Crippen LogP contribution in [0.15, 0.2) is 91.0 Å². The van der Waals surface area contributed by atoms with Crippen LogP contribution in [0.5, 0.6) is 0 Å². The Morgan fingerprint density at radius 3 is 0.905 bits per heavy atom. The van der Waals surface area contributed by atoms with E-state index in [1.165, 1.54) is 13.4 Å². The van der Waals surface area contributed by atoms with Gasteiger partial charge in [-0.05, 0) is 0 Å². The van der Waals surface area contributed by atoms with Crippen molar-refractivity contribution in [1.82, 2.24) is 0 Å². The van der Waals surface area contributed by atoms with E-state index in [-0.39, 0.29) is 0 Å². The standard InChI is InChI=1S/C18H15Se.C2H6/c1-4-10-16(11-5-1)19(17-12-6-2-7-13-17)18-14-8-3-9-15-18;1-2/h1-15H;1-2H3. The second kappa shape index (κ2) is 8.46. The SMILES string of the molecule is CC.c1ccc([Se](c2ccccc2)c2ccccc2)cc1. The van der Waals surface area contributed by atoms with Crippen LogP contribution in [0, 0.1) is 0 Å². The van der Waals surface area contributed by atoms with Crippen LogP contribution in [0.2, 0.25) is 0 Å². The Morgan fingerprint density at radius 1 is 0.429 bits per heavy atom. The van der Waals surface area contributed by atoms with Crippen LogP contribution < -0.4 is 13.4 Å². The summed E-state index contributed by atoms with van der Waals surface area (Å²) in [5.74, 6) is 0. The van der Waals surface area contributed by atoms with E-state index in [4.69, 9.17) is 0 Å². The molecule has 107 valence electrons. The molecule has 0 amide bonds. The van der Waals surface area contributed by atoms with E-state index in [1.807, 2.05) is 13.8 Å². The normalized spacial score (nSPS) is 9.86. The fraction of sp³-hybridized carbons (Fsp3) is 0.100. The van der Waals surface area contributed by atoms with Gasteiger partial charge in [-0.25, -0.2) is 0 Å². The molecule has 0 aliphatic heterocycles. The monoisotopic (exact) mass is 341 g/mol. The molecule has 0 saturated heterocycles. The first-order valence-corrected chi connectivity index (χ1v) is 9.91. The molecule has 0 atom stereocenters. The van der Waals surface area contributed by atoms with Crippen LogP contribution in [0.4, 0.5) is 0 Å². The average Bonchev–Trinajstić information content (AvgIpc) is 2.60. The van der Waals surface area contributed by atoms with Gasteiger partial charge in [-0.15, -0.1) is 0 Å². The summed E-state index contributed by atoms with van der Waals surface area (Å²) >= 11 is -1.15. The second-order valence-corrected chi connectivity index (χ2v) is 8.50. The maximum absolute atomic E-state index is 2.25. The van der Waals surface area contributed by atoms with E-state index in [0.717, 1.165) is 0 Å². The Hall–Kier alpha value is -1.82. The molecule has 0 aliphatic rings. The molecule has 0 nitrogen and oxygen atoms in total. The Bertz CT molecular complexity index is 524. The van der Waals surface area contributed by atoms with E-state index in [1.54, 1.807) is 0 Å². The van der Waals surface area contributed by atoms with Crippen LogP contribution >= 0.6 is 0 Å². The number of hydrogen-bond donors (Lipinski definition) is 0. The number of hydrogen-bond acceptors (Lipinski definition) is 0. The van der Waals surface area contributed by atoms with Crippen LogP contribution in [0.25, 0.3) is 0 Å². The van der Waals surface area contributed by atoms with Gasteiger partial charge in [0.1, 0.15) is 0 Å². The quantitative estimate of drug-likeness (QED) is 0.642. The molecule has 0 N–H and O–H groups in total. The van der Waals surface area contributed by atoms with Crippen molar-refractivity contribution < 1.29 is 0 Å². The van der Waals surface area contributed by atoms with Gasteiger partial charge >= 0.3 is 118 Å². The molecule has 21 heavy (non-hydrogen) atoms. The van der Waals surface area contributed by atoms with Gasteiger partial charge in [-0.2, -0.15) is 0 Å². The summed E-state index contributed by atoms with van der Waals surface area (Å²) in [6.07, 6.45) is 0. The number of rotatable bonds is 3. The fourth-order valence-corrected chi connectivity index (χ4v) is 6.49. The molecule has 1 radical (unpaired) electrons. The van der Waals surface area contributed by atoms with Crippen molar-refractivity contribution in [2.24, 2.45) is 0 Å². The molecule has 0 heterocycles. The molecular formula is C20H21Se. The molecule has 3 rings (SSSR count). The molecule has 0 aromatic heterocycles. The van der Waals surface area contributed by atoms with Gasteiger partial charge in [-0.1, -0.05) is 13.8 Å². The van der Waals surface area contributed by atoms with E-state index in [0.29, 0.717) is 0 Å². The molecule has 0 fully saturated rings. The summed E-state index contributed by atoms with van der Waals surface area (Å²) in [7, 11) is 0. The molecule has 1 heteroatoms. The van der Waals surface area contributed by atoms with Crippen molar-refractivity contribution in [2.75, 3.05) is 0 Å². The van der Waals surface area contributed by atoms with Crippen molar-refractivity contribution in [3.8, 4) is 0 Å². The van der Waals surface area contributed by atoms with Gasteiger partial charge in [0, 0.05) is 0 Å². The van der Waals surface area contributed by atoms with E-state index in [9.17, 15) is 0 Å². The van der Waals surface area contributed by atoms with Gasteiger partial charge in [0.2, 0.25) is 0 Å². The summed E-state index contributed by atoms with van der Waals surface area (Å²) in [5, 5.41) is 0. The second-order valence-electron chi connectivity index (χ2n) is 4.25. The maximum atomic E-state index is 2.25. The van der Waals surface area contributed by atoms with Crippen LogP contribution in [0.1, 0.15) is 13.8 Å². The Morgan fingerprint density at radius 2 is 0.667 bits per heavy atom. The Labute approximate surface area is 132 Å². The first-order valence-electron chi connectivity index (χ1n) is 7.34. The number of benzene rings is 3. The summed E-state index contributed by atoms with van der Waals surface area (Å²) in [6, 6.07) is 32.6. The Balaban J connectivity index is 0.000000774. The van der Waals surface area contributed by atoms with Crippen molar-refractivity contribution >= 4 is 27.3 Å². The predicted molar refractivity (Wildman–Crippen MR) is 95.3 cm³/mol. The van der Waals surface area contributed by atoms with E-state index >= 15 is 0 Å². The summed E-state index contributed by atoms with van der Waals surface area (Å²) < 4.78 is 4.37. The van der Waals surface area contributed by atoms with Gasteiger partial charge < -0.3 is 0 Å². The Kier molecular flexibility index (Phi) is 6.27. The van der Waals surface area contributed by atoms with Crippen LogP contribution in [-0.4, -0.2) is 13.9 Å². The first-order chi connectivity index (χ1) is 10.4. The van der Waals surface area contributed by atoms with Crippen LogP contribution in [0.3, 0.4) is 0 Å². The average molecular weight is 340 g/mol. The van der Waals surface area contributed by atoms with Crippen molar-refractivity contribution in [3.05, 3.63) is 91.0 Å². The van der Waals surface area contributed by atoms with Gasteiger partial charge in [0.15, 0.2) is 0 Å². The summed E-state index contributed by atoms with van der Waals surface area (Å²) in [4.78, 5) is 0. The van der Waals surface area contributed by atoms with Crippen molar-refractivity contribution in [1.29, 1.82) is 0 Å². The third kappa shape index (κ3) is 4.07. The first kappa shape index (κ1) is 15.6. The molecule has 0 bridgehead atoms. The van der Waals surface area contributed by atoms with Gasteiger partial charge in [0.25, 0.3) is 0 Å². The molecule has 3 aromatic carbocycles. The minimum absolute atomic E-state index is 1.15. The van der Waals surface area contributed by atoms with Crippen molar-refractivity contribution in [3.63, 3.8) is 0 Å². The molecule has 0 spiro atoms. The predicted octanol–water partition coefficient (Wildman–Crippen LogP) is 3.23. The zero-order valence-corrected chi connectivity index (χ0v) is 14.3. The third-order valence-corrected chi connectivity index (χ3v) is 7.62. The fourth-order valence-electron chi connectivity index (χ4n) is 2.08. The third-order valence-electron chi connectivity index (χ3n) is 2.94. The van der Waals surface area contributed by atoms with Gasteiger partial charge in [0.05, 0.1) is 0 Å². The zero-order chi connectivity index (χ0) is 14.9. The topological polar surface area (TPSA) is 0 Å². The molecule has 0 saturated carbocycles. The van der Waals surface area contributed by atoms with Crippen molar-refractivity contribution in [2.45, 2.75) is 13.8 Å². The molecule has 3 aromatic rings. The minimum atomic E-state index is -1.15. The molecule has 0 aliphatic carbocycles. The zero-order valence-electron chi connectivity index (χ0n) is 12.6. The summed E-state index contributed by atoms with van der Waals surface area (Å²) in [6.45, 7) is 4.00. The van der Waals surface area contributed by atoms with E-state index in [2.05, 4.69) is 91.0 Å². The van der Waals surface area contributed by atoms with Crippen LogP contribution in [-0.2, 0) is 0 Å². The van der Waals surface area contributed by atoms with Gasteiger partial charge in [-0.3, -0.25) is 0 Å².